The van der Waals surface area contributed by atoms with Crippen molar-refractivity contribution in [3.05, 3.63) is 29.8 Å². The van der Waals surface area contributed by atoms with Crippen LogP contribution < -0.4 is 10.1 Å². The molecule has 2 aliphatic heterocycles. The second-order valence-corrected chi connectivity index (χ2v) is 8.39. The van der Waals surface area contributed by atoms with Gasteiger partial charge in [-0.15, -0.1) is 0 Å². The number of ether oxygens (including phenoxy) is 3. The van der Waals surface area contributed by atoms with E-state index in [1.165, 1.54) is 19.3 Å². The van der Waals surface area contributed by atoms with Crippen LogP contribution in [-0.2, 0) is 16.0 Å². The summed E-state index contributed by atoms with van der Waals surface area (Å²) < 4.78 is 16.9. The first-order valence-electron chi connectivity index (χ1n) is 11.8. The lowest BCUT2D eigenvalue weighted by molar-refractivity contribution is 0.0322. The van der Waals surface area contributed by atoms with E-state index in [0.29, 0.717) is 13.2 Å². The zero-order valence-corrected chi connectivity index (χ0v) is 19.4. The summed E-state index contributed by atoms with van der Waals surface area (Å²) in [5, 5.41) is 3.43. The van der Waals surface area contributed by atoms with E-state index in [2.05, 4.69) is 47.3 Å². The third-order valence-electron chi connectivity index (χ3n) is 6.00. The van der Waals surface area contributed by atoms with Crippen molar-refractivity contribution < 1.29 is 14.2 Å². The van der Waals surface area contributed by atoms with E-state index in [9.17, 15) is 0 Å². The summed E-state index contributed by atoms with van der Waals surface area (Å²) in [5.41, 5.74) is 1.16. The van der Waals surface area contributed by atoms with Crippen LogP contribution in [0.1, 0.15) is 31.7 Å². The quantitative estimate of drug-likeness (QED) is 0.453. The summed E-state index contributed by atoms with van der Waals surface area (Å²) in [6.45, 7) is 11.7. The molecule has 2 heterocycles. The second kappa shape index (κ2) is 13.6. The van der Waals surface area contributed by atoms with Crippen molar-refractivity contribution in [1.29, 1.82) is 0 Å². The lowest BCUT2D eigenvalue weighted by Gasteiger charge is -2.27. The van der Waals surface area contributed by atoms with Crippen LogP contribution in [0.5, 0.6) is 5.75 Å². The molecule has 0 atom stereocenters. The second-order valence-electron chi connectivity index (χ2n) is 8.39. The van der Waals surface area contributed by atoms with Gasteiger partial charge in [-0.2, -0.15) is 0 Å². The Kier molecular flexibility index (Phi) is 10.4. The van der Waals surface area contributed by atoms with Gasteiger partial charge in [0.25, 0.3) is 0 Å². The zero-order chi connectivity index (χ0) is 21.7. The molecule has 3 rings (SSSR count). The number of aliphatic imine (C=N–C) groups is 1. The van der Waals surface area contributed by atoms with Gasteiger partial charge in [0.05, 0.1) is 19.8 Å². The normalized spacial score (nSPS) is 18.7. The number of nitrogens with zero attached hydrogens (tertiary/aromatic N) is 3. The number of morpholine rings is 1. The standard InChI is InChI=1S/C24H40N4O3/c1-3-25-24(27(2)10-7-21-8-14-29-15-9-21)26-20-22-5-4-6-23(19-22)31-18-13-28-11-16-30-17-12-28/h4-6,19,21H,3,7-18,20H2,1-2H3,(H,25,26). The Morgan fingerprint density at radius 3 is 2.74 bits per heavy atom. The van der Waals surface area contributed by atoms with Gasteiger partial charge >= 0.3 is 0 Å². The highest BCUT2D eigenvalue weighted by Gasteiger charge is 2.15. The minimum Gasteiger partial charge on any atom is -0.492 e. The van der Waals surface area contributed by atoms with Crippen LogP contribution in [0.4, 0.5) is 0 Å². The van der Waals surface area contributed by atoms with Crippen LogP contribution >= 0.6 is 0 Å². The fourth-order valence-corrected chi connectivity index (χ4v) is 4.00. The van der Waals surface area contributed by atoms with Crippen LogP contribution in [-0.4, -0.2) is 88.6 Å². The SMILES string of the molecule is CCNC(=NCc1cccc(OCCN2CCOCC2)c1)N(C)CCC1CCOCC1. The maximum Gasteiger partial charge on any atom is 0.193 e. The molecule has 1 aromatic carbocycles. The number of rotatable bonds is 10. The Morgan fingerprint density at radius 2 is 1.97 bits per heavy atom. The molecule has 7 nitrogen and oxygen atoms in total. The predicted molar refractivity (Wildman–Crippen MR) is 125 cm³/mol. The van der Waals surface area contributed by atoms with E-state index in [0.717, 1.165) is 82.3 Å². The van der Waals surface area contributed by atoms with Crippen molar-refractivity contribution in [2.75, 3.05) is 72.8 Å². The highest BCUT2D eigenvalue weighted by atomic mass is 16.5. The molecule has 31 heavy (non-hydrogen) atoms. The number of hydrogen-bond donors (Lipinski definition) is 1. The fourth-order valence-electron chi connectivity index (χ4n) is 4.00. The number of guanidine groups is 1. The summed E-state index contributed by atoms with van der Waals surface area (Å²) in [6.07, 6.45) is 3.55. The van der Waals surface area contributed by atoms with Crippen molar-refractivity contribution >= 4 is 5.96 Å². The summed E-state index contributed by atoms with van der Waals surface area (Å²) in [5.74, 6) is 2.65. The summed E-state index contributed by atoms with van der Waals surface area (Å²) in [4.78, 5) is 9.51. The first-order chi connectivity index (χ1) is 15.2. The van der Waals surface area contributed by atoms with Crippen LogP contribution in [0, 0.1) is 5.92 Å². The van der Waals surface area contributed by atoms with Crippen LogP contribution in [0.25, 0.3) is 0 Å². The average Bonchev–Trinajstić information content (AvgIpc) is 2.82. The maximum absolute atomic E-state index is 5.99. The Morgan fingerprint density at radius 1 is 1.19 bits per heavy atom. The lowest BCUT2D eigenvalue weighted by Crippen LogP contribution is -2.40. The molecule has 7 heteroatoms. The molecule has 2 aliphatic rings. The minimum absolute atomic E-state index is 0.643. The largest absolute Gasteiger partial charge is 0.492 e. The van der Waals surface area contributed by atoms with E-state index in [4.69, 9.17) is 19.2 Å². The Hall–Kier alpha value is -1.83. The average molecular weight is 433 g/mol. The van der Waals surface area contributed by atoms with Gasteiger partial charge in [-0.3, -0.25) is 4.90 Å². The molecule has 2 fully saturated rings. The highest BCUT2D eigenvalue weighted by molar-refractivity contribution is 5.79. The summed E-state index contributed by atoms with van der Waals surface area (Å²) in [7, 11) is 2.13. The van der Waals surface area contributed by atoms with Crippen molar-refractivity contribution in [2.45, 2.75) is 32.7 Å². The van der Waals surface area contributed by atoms with Gasteiger partial charge in [0.1, 0.15) is 12.4 Å². The monoisotopic (exact) mass is 432 g/mol. The molecule has 0 radical (unpaired) electrons. The molecule has 2 saturated heterocycles. The fraction of sp³-hybridized carbons (Fsp3) is 0.708. The molecular formula is C24H40N4O3. The third kappa shape index (κ3) is 8.67. The summed E-state index contributed by atoms with van der Waals surface area (Å²) >= 11 is 0. The van der Waals surface area contributed by atoms with Crippen LogP contribution in [0.15, 0.2) is 29.3 Å². The molecular weight excluding hydrogens is 392 g/mol. The van der Waals surface area contributed by atoms with Gasteiger partial charge in [0, 0.05) is 53.0 Å². The van der Waals surface area contributed by atoms with E-state index in [1.807, 2.05) is 6.07 Å². The first-order valence-corrected chi connectivity index (χ1v) is 11.8. The molecule has 1 N–H and O–H groups in total. The molecule has 0 aromatic heterocycles. The molecule has 0 bridgehead atoms. The summed E-state index contributed by atoms with van der Waals surface area (Å²) in [6, 6.07) is 8.30. The smallest absolute Gasteiger partial charge is 0.193 e. The molecule has 174 valence electrons. The van der Waals surface area contributed by atoms with Crippen molar-refractivity contribution in [3.8, 4) is 5.75 Å². The van der Waals surface area contributed by atoms with Crippen molar-refractivity contribution in [2.24, 2.45) is 10.9 Å². The number of nitrogens with one attached hydrogen (secondary N) is 1. The molecule has 0 saturated carbocycles. The van der Waals surface area contributed by atoms with Gasteiger partial charge < -0.3 is 24.4 Å². The molecule has 0 aliphatic carbocycles. The molecule has 1 aromatic rings. The number of hydrogen-bond acceptors (Lipinski definition) is 5. The van der Waals surface area contributed by atoms with Gasteiger partial charge in [-0.1, -0.05) is 12.1 Å². The van der Waals surface area contributed by atoms with E-state index in [-0.39, 0.29) is 0 Å². The number of benzene rings is 1. The van der Waals surface area contributed by atoms with Crippen LogP contribution in [0.2, 0.25) is 0 Å². The molecule has 0 unspecified atom stereocenters. The van der Waals surface area contributed by atoms with Gasteiger partial charge in [-0.05, 0) is 49.8 Å². The topological polar surface area (TPSA) is 58.6 Å². The van der Waals surface area contributed by atoms with Crippen molar-refractivity contribution in [3.63, 3.8) is 0 Å². The maximum atomic E-state index is 5.99. The van der Waals surface area contributed by atoms with Gasteiger partial charge in [0.2, 0.25) is 0 Å². The lowest BCUT2D eigenvalue weighted by atomic mass is 9.96. The van der Waals surface area contributed by atoms with Crippen molar-refractivity contribution in [1.82, 2.24) is 15.1 Å². The Balaban J connectivity index is 1.46. The van der Waals surface area contributed by atoms with Gasteiger partial charge in [0.15, 0.2) is 5.96 Å². The third-order valence-corrected chi connectivity index (χ3v) is 6.00. The Bertz CT molecular complexity index is 658. The minimum atomic E-state index is 0.643. The van der Waals surface area contributed by atoms with E-state index >= 15 is 0 Å². The first kappa shape index (κ1) is 23.8. The predicted octanol–water partition coefficient (Wildman–Crippen LogP) is 2.61. The van der Waals surface area contributed by atoms with Gasteiger partial charge in [-0.25, -0.2) is 4.99 Å². The van der Waals surface area contributed by atoms with E-state index in [1.54, 1.807) is 0 Å². The Labute approximate surface area is 187 Å². The van der Waals surface area contributed by atoms with E-state index < -0.39 is 0 Å². The molecule has 0 spiro atoms. The molecule has 0 amide bonds. The highest BCUT2D eigenvalue weighted by Crippen LogP contribution is 2.19. The van der Waals surface area contributed by atoms with Crippen LogP contribution in [0.3, 0.4) is 0 Å². The zero-order valence-electron chi connectivity index (χ0n) is 19.4.